The Kier molecular flexibility index (Phi) is 2.59. The van der Waals surface area contributed by atoms with Gasteiger partial charge in [0.15, 0.2) is 5.78 Å². The van der Waals surface area contributed by atoms with Gasteiger partial charge in [0.2, 0.25) is 0 Å². The Balaban J connectivity index is 2.08. The Morgan fingerprint density at radius 3 is 2.90 bits per heavy atom. The first-order chi connectivity index (χ1) is 4.79. The van der Waals surface area contributed by atoms with Crippen molar-refractivity contribution >= 4 is 5.78 Å². The molecule has 1 N–H and O–H groups in total. The van der Waals surface area contributed by atoms with Crippen molar-refractivity contribution in [3.63, 3.8) is 0 Å². The summed E-state index contributed by atoms with van der Waals surface area (Å²) in [6.45, 7) is 4.54. The van der Waals surface area contributed by atoms with Gasteiger partial charge >= 0.3 is 0 Å². The Hall–Kier alpha value is -0.670. The van der Waals surface area contributed by atoms with Crippen LogP contribution in [0.15, 0.2) is 12.2 Å². The maximum absolute atomic E-state index is 10.4. The van der Waals surface area contributed by atoms with E-state index >= 15 is 0 Å². The molecule has 56 valence electrons. The molecular formula is C7H12N2O. The molecule has 0 bridgehead atoms. The van der Waals surface area contributed by atoms with E-state index in [1.54, 1.807) is 13.0 Å². The summed E-state index contributed by atoms with van der Waals surface area (Å²) in [5.41, 5.74) is 3.09. The first kappa shape index (κ1) is 7.44. The summed E-state index contributed by atoms with van der Waals surface area (Å²) in [6, 6.07) is 0. The molecule has 3 heteroatoms. The second-order valence-electron chi connectivity index (χ2n) is 2.37. The van der Waals surface area contributed by atoms with Crippen LogP contribution in [0.25, 0.3) is 0 Å². The molecular weight excluding hydrogens is 128 g/mol. The van der Waals surface area contributed by atoms with E-state index in [0.29, 0.717) is 0 Å². The fourth-order valence-corrected chi connectivity index (χ4v) is 0.772. The predicted octanol–water partition coefficient (Wildman–Crippen LogP) is -0.0482. The van der Waals surface area contributed by atoms with Gasteiger partial charge in [-0.3, -0.25) is 10.2 Å². The van der Waals surface area contributed by atoms with Crippen molar-refractivity contribution < 1.29 is 4.79 Å². The van der Waals surface area contributed by atoms with Crippen LogP contribution in [0.5, 0.6) is 0 Å². The molecule has 10 heavy (non-hydrogen) atoms. The van der Waals surface area contributed by atoms with Crippen LogP contribution in [-0.2, 0) is 4.79 Å². The highest BCUT2D eigenvalue weighted by Crippen LogP contribution is 1.90. The van der Waals surface area contributed by atoms with E-state index in [0.717, 1.165) is 19.6 Å². The molecule has 1 fully saturated rings. The number of carbonyl (C=O) groups excluding carboxylic acids is 1. The van der Waals surface area contributed by atoms with Gasteiger partial charge in [-0.05, 0) is 13.0 Å². The lowest BCUT2D eigenvalue weighted by molar-refractivity contribution is -0.112. The van der Waals surface area contributed by atoms with Gasteiger partial charge in [-0.2, -0.15) is 0 Å². The van der Waals surface area contributed by atoms with Crippen LogP contribution in [0.1, 0.15) is 6.92 Å². The van der Waals surface area contributed by atoms with Crippen molar-refractivity contribution in [2.75, 3.05) is 19.6 Å². The molecule has 3 nitrogen and oxygen atoms in total. The van der Waals surface area contributed by atoms with Crippen LogP contribution in [-0.4, -0.2) is 30.4 Å². The summed E-state index contributed by atoms with van der Waals surface area (Å²) in [4.78, 5) is 10.4. The fourth-order valence-electron chi connectivity index (χ4n) is 0.772. The number of allylic oxidation sites excluding steroid dienone is 1. The molecule has 0 radical (unpaired) electrons. The number of nitrogens with one attached hydrogen (secondary N) is 1. The fraction of sp³-hybridized carbons (Fsp3) is 0.571. The molecule has 1 saturated heterocycles. The average molecular weight is 140 g/mol. The van der Waals surface area contributed by atoms with Crippen LogP contribution < -0.4 is 5.43 Å². The second kappa shape index (κ2) is 3.49. The second-order valence-corrected chi connectivity index (χ2v) is 2.37. The third kappa shape index (κ3) is 2.29. The Labute approximate surface area is 60.7 Å². The minimum Gasteiger partial charge on any atom is -0.295 e. The van der Waals surface area contributed by atoms with Gasteiger partial charge in [-0.25, -0.2) is 5.01 Å². The van der Waals surface area contributed by atoms with Crippen LogP contribution in [0.2, 0.25) is 0 Å². The van der Waals surface area contributed by atoms with Crippen LogP contribution in [0.4, 0.5) is 0 Å². The molecule has 0 aromatic rings. The van der Waals surface area contributed by atoms with Gasteiger partial charge in [0, 0.05) is 19.6 Å². The number of carbonyl (C=O) groups is 1. The molecule has 1 heterocycles. The number of rotatable bonds is 3. The minimum atomic E-state index is 0.112. The Bertz CT molecular complexity index is 150. The summed E-state index contributed by atoms with van der Waals surface area (Å²) < 4.78 is 0. The maximum Gasteiger partial charge on any atom is 0.152 e. The normalized spacial score (nSPS) is 19.3. The molecule has 1 rings (SSSR count). The van der Waals surface area contributed by atoms with E-state index in [1.807, 2.05) is 6.08 Å². The molecule has 0 atom stereocenters. The Morgan fingerprint density at radius 2 is 2.50 bits per heavy atom. The molecule has 0 amide bonds. The van der Waals surface area contributed by atoms with Gasteiger partial charge in [0.05, 0.1) is 0 Å². The van der Waals surface area contributed by atoms with Gasteiger partial charge in [0.25, 0.3) is 0 Å². The van der Waals surface area contributed by atoms with Crippen molar-refractivity contribution in [1.82, 2.24) is 10.4 Å². The highest BCUT2D eigenvalue weighted by molar-refractivity contribution is 5.87. The lowest BCUT2D eigenvalue weighted by Crippen LogP contribution is -2.53. The lowest BCUT2D eigenvalue weighted by atomic mass is 10.3. The first-order valence-electron chi connectivity index (χ1n) is 3.44. The molecule has 0 aromatic heterocycles. The van der Waals surface area contributed by atoms with Crippen molar-refractivity contribution in [2.24, 2.45) is 0 Å². The third-order valence-corrected chi connectivity index (χ3v) is 1.40. The van der Waals surface area contributed by atoms with E-state index in [-0.39, 0.29) is 5.78 Å². The molecule has 0 unspecified atom stereocenters. The summed E-state index contributed by atoms with van der Waals surface area (Å²) in [5.74, 6) is 0.112. The van der Waals surface area contributed by atoms with Crippen molar-refractivity contribution in [1.29, 1.82) is 0 Å². The van der Waals surface area contributed by atoms with Crippen molar-refractivity contribution in [3.8, 4) is 0 Å². The Morgan fingerprint density at radius 1 is 1.80 bits per heavy atom. The number of nitrogens with zero attached hydrogens (tertiary/aromatic N) is 1. The standard InChI is InChI=1S/C7H12N2O/c1-7(10)3-2-5-9-6-4-8-9/h2-3,8H,4-6H2,1H3/b3-2+. The summed E-state index contributed by atoms with van der Waals surface area (Å²) >= 11 is 0. The average Bonchev–Trinajstić information content (AvgIpc) is 1.75. The number of ketones is 1. The number of hydrogen-bond acceptors (Lipinski definition) is 3. The molecule has 0 aliphatic carbocycles. The summed E-state index contributed by atoms with van der Waals surface area (Å²) in [5, 5.41) is 2.06. The molecule has 0 aromatic carbocycles. The number of hydrogen-bond donors (Lipinski definition) is 1. The molecule has 0 spiro atoms. The highest BCUT2D eigenvalue weighted by atomic mass is 16.1. The third-order valence-electron chi connectivity index (χ3n) is 1.40. The van der Waals surface area contributed by atoms with Gasteiger partial charge < -0.3 is 0 Å². The first-order valence-corrected chi connectivity index (χ1v) is 3.44. The van der Waals surface area contributed by atoms with E-state index in [9.17, 15) is 4.79 Å². The van der Waals surface area contributed by atoms with E-state index < -0.39 is 0 Å². The van der Waals surface area contributed by atoms with Crippen LogP contribution >= 0.6 is 0 Å². The largest absolute Gasteiger partial charge is 0.295 e. The van der Waals surface area contributed by atoms with Crippen LogP contribution in [0.3, 0.4) is 0 Å². The summed E-state index contributed by atoms with van der Waals surface area (Å²) in [7, 11) is 0. The van der Waals surface area contributed by atoms with E-state index in [4.69, 9.17) is 0 Å². The zero-order valence-electron chi connectivity index (χ0n) is 6.13. The smallest absolute Gasteiger partial charge is 0.152 e. The highest BCUT2D eigenvalue weighted by Gasteiger charge is 2.09. The molecule has 1 aliphatic heterocycles. The minimum absolute atomic E-state index is 0.112. The number of hydrazine groups is 1. The molecule has 1 aliphatic rings. The zero-order chi connectivity index (χ0) is 7.40. The predicted molar refractivity (Wildman–Crippen MR) is 39.4 cm³/mol. The lowest BCUT2D eigenvalue weighted by Gasteiger charge is -2.30. The van der Waals surface area contributed by atoms with Gasteiger partial charge in [-0.1, -0.05) is 6.08 Å². The van der Waals surface area contributed by atoms with Crippen molar-refractivity contribution in [2.45, 2.75) is 6.92 Å². The SMILES string of the molecule is CC(=O)/C=C/CN1CCN1. The maximum atomic E-state index is 10.4. The van der Waals surface area contributed by atoms with E-state index in [2.05, 4.69) is 10.4 Å². The quantitative estimate of drug-likeness (QED) is 0.558. The van der Waals surface area contributed by atoms with E-state index in [1.165, 1.54) is 0 Å². The van der Waals surface area contributed by atoms with Gasteiger partial charge in [-0.15, -0.1) is 0 Å². The summed E-state index contributed by atoms with van der Waals surface area (Å²) in [6.07, 6.45) is 3.47. The van der Waals surface area contributed by atoms with Gasteiger partial charge in [0.1, 0.15) is 0 Å². The van der Waals surface area contributed by atoms with Crippen LogP contribution in [0, 0.1) is 0 Å². The van der Waals surface area contributed by atoms with Crippen molar-refractivity contribution in [3.05, 3.63) is 12.2 Å². The molecule has 0 saturated carbocycles. The topological polar surface area (TPSA) is 32.3 Å². The zero-order valence-corrected chi connectivity index (χ0v) is 6.13. The monoisotopic (exact) mass is 140 g/mol.